The Morgan fingerprint density at radius 1 is 1.07 bits per heavy atom. The van der Waals surface area contributed by atoms with Crippen molar-refractivity contribution in [3.8, 4) is 0 Å². The number of carbonyl (C=O) groups excluding carboxylic acids is 1. The zero-order valence-corrected chi connectivity index (χ0v) is 18.7. The van der Waals surface area contributed by atoms with Crippen molar-refractivity contribution in [1.82, 2.24) is 9.62 Å². The van der Waals surface area contributed by atoms with Crippen LogP contribution < -0.4 is 9.44 Å². The van der Waals surface area contributed by atoms with Gasteiger partial charge in [0.05, 0.1) is 10.6 Å². The van der Waals surface area contributed by atoms with Gasteiger partial charge in [-0.2, -0.15) is 0 Å². The fourth-order valence-electron chi connectivity index (χ4n) is 3.01. The smallest absolute Gasteiger partial charge is 0.271 e. The van der Waals surface area contributed by atoms with E-state index in [0.29, 0.717) is 41.5 Å². The Morgan fingerprint density at radius 2 is 1.69 bits per heavy atom. The summed E-state index contributed by atoms with van der Waals surface area (Å²) in [5.74, 6) is -0.178. The van der Waals surface area contributed by atoms with E-state index in [0.717, 1.165) is 17.6 Å². The van der Waals surface area contributed by atoms with E-state index in [-0.39, 0.29) is 16.2 Å². The maximum Gasteiger partial charge on any atom is 0.271 e. The summed E-state index contributed by atoms with van der Waals surface area (Å²) in [6, 6.07) is 8.93. The molecule has 1 saturated heterocycles. The second-order valence-corrected chi connectivity index (χ2v) is 12.1. The minimum absolute atomic E-state index is 0.105. The lowest BCUT2D eigenvalue weighted by Gasteiger charge is -2.32. The summed E-state index contributed by atoms with van der Waals surface area (Å²) in [5, 5.41) is 0. The second kappa shape index (κ2) is 8.60. The molecule has 0 saturated carbocycles. The minimum Gasteiger partial charge on any atom is -0.339 e. The molecule has 1 aliphatic rings. The second-order valence-electron chi connectivity index (χ2n) is 6.70. The summed E-state index contributed by atoms with van der Waals surface area (Å²) in [5.41, 5.74) is 0.767. The van der Waals surface area contributed by atoms with E-state index in [1.165, 1.54) is 24.3 Å². The van der Waals surface area contributed by atoms with Crippen LogP contribution in [0.5, 0.6) is 0 Å². The molecule has 1 aromatic heterocycles. The van der Waals surface area contributed by atoms with Crippen LogP contribution in [0, 0.1) is 0 Å². The van der Waals surface area contributed by atoms with Gasteiger partial charge in [-0.05, 0) is 49.2 Å². The Morgan fingerprint density at radius 3 is 2.21 bits per heavy atom. The molecule has 1 aliphatic heterocycles. The number of rotatable bonds is 6. The highest BCUT2D eigenvalue weighted by atomic mass is 35.5. The van der Waals surface area contributed by atoms with E-state index in [9.17, 15) is 21.6 Å². The van der Waals surface area contributed by atoms with Gasteiger partial charge in [-0.15, -0.1) is 11.3 Å². The Labute approximate surface area is 179 Å². The van der Waals surface area contributed by atoms with Crippen molar-refractivity contribution in [3.63, 3.8) is 0 Å². The molecule has 1 aromatic carbocycles. The predicted molar refractivity (Wildman–Crippen MR) is 113 cm³/mol. The average Bonchev–Trinajstić information content (AvgIpc) is 3.08. The summed E-state index contributed by atoms with van der Waals surface area (Å²) < 4.78 is 52.8. The molecule has 12 heteroatoms. The van der Waals surface area contributed by atoms with E-state index in [4.69, 9.17) is 11.6 Å². The van der Waals surface area contributed by atoms with Crippen LogP contribution in [0.15, 0.2) is 40.6 Å². The molecule has 2 N–H and O–H groups in total. The number of likely N-dealkylation sites (tertiary alicyclic amines) is 1. The molecule has 8 nitrogen and oxygen atoms in total. The number of hydrogen-bond donors (Lipinski definition) is 2. The van der Waals surface area contributed by atoms with Gasteiger partial charge in [0.1, 0.15) is 4.21 Å². The van der Waals surface area contributed by atoms with Crippen LogP contribution in [0.3, 0.4) is 0 Å². The van der Waals surface area contributed by atoms with Gasteiger partial charge in [0, 0.05) is 30.4 Å². The molecule has 0 aliphatic carbocycles. The van der Waals surface area contributed by atoms with Gasteiger partial charge in [0.2, 0.25) is 10.0 Å². The zero-order chi connectivity index (χ0) is 21.2. The molecule has 0 spiro atoms. The SMILES string of the molecule is CS(=O)(=O)NC1CCN(C(=O)c2ccc(NS(=O)(=O)c3ccc(Cl)s3)cc2)CC1. The van der Waals surface area contributed by atoms with Gasteiger partial charge in [-0.1, -0.05) is 11.6 Å². The number of thiophene rings is 1. The van der Waals surface area contributed by atoms with Crippen LogP contribution in [-0.4, -0.2) is 53.0 Å². The van der Waals surface area contributed by atoms with E-state index < -0.39 is 20.0 Å². The number of hydrogen-bond acceptors (Lipinski definition) is 6. The van der Waals surface area contributed by atoms with E-state index in [2.05, 4.69) is 9.44 Å². The van der Waals surface area contributed by atoms with Gasteiger partial charge in [0.15, 0.2) is 0 Å². The van der Waals surface area contributed by atoms with Crippen molar-refractivity contribution in [2.24, 2.45) is 0 Å². The molecule has 0 atom stereocenters. The number of anilines is 1. The van der Waals surface area contributed by atoms with Crippen molar-refractivity contribution in [3.05, 3.63) is 46.3 Å². The molecule has 158 valence electrons. The van der Waals surface area contributed by atoms with Crippen LogP contribution in [0.1, 0.15) is 23.2 Å². The largest absolute Gasteiger partial charge is 0.339 e. The van der Waals surface area contributed by atoms with Gasteiger partial charge in [-0.25, -0.2) is 21.6 Å². The molecule has 3 rings (SSSR count). The van der Waals surface area contributed by atoms with Crippen molar-refractivity contribution in [2.75, 3.05) is 24.1 Å². The maximum atomic E-state index is 12.6. The van der Waals surface area contributed by atoms with Gasteiger partial charge >= 0.3 is 0 Å². The third-order valence-corrected chi connectivity index (χ3v) is 8.23. The highest BCUT2D eigenvalue weighted by Crippen LogP contribution is 2.27. The first-order chi connectivity index (χ1) is 13.5. The Hall–Kier alpha value is -1.66. The monoisotopic (exact) mass is 477 g/mol. The topological polar surface area (TPSA) is 113 Å². The lowest BCUT2D eigenvalue weighted by atomic mass is 10.0. The highest BCUT2D eigenvalue weighted by Gasteiger charge is 2.25. The van der Waals surface area contributed by atoms with E-state index in [1.54, 1.807) is 17.0 Å². The summed E-state index contributed by atoms with van der Waals surface area (Å²) >= 11 is 6.75. The predicted octanol–water partition coefficient (Wildman–Crippen LogP) is 2.36. The van der Waals surface area contributed by atoms with Crippen LogP contribution in [0.2, 0.25) is 4.34 Å². The Bertz CT molecular complexity index is 1090. The summed E-state index contributed by atoms with van der Waals surface area (Å²) in [6.07, 6.45) is 2.20. The van der Waals surface area contributed by atoms with E-state index in [1.807, 2.05) is 0 Å². The highest BCUT2D eigenvalue weighted by molar-refractivity contribution is 7.94. The van der Waals surface area contributed by atoms with Crippen molar-refractivity contribution in [2.45, 2.75) is 23.1 Å². The number of nitrogens with zero attached hydrogens (tertiary/aromatic N) is 1. The molecular weight excluding hydrogens is 458 g/mol. The minimum atomic E-state index is -3.73. The molecular formula is C17H20ClN3O5S3. The number of nitrogens with one attached hydrogen (secondary N) is 2. The summed E-state index contributed by atoms with van der Waals surface area (Å²) in [7, 11) is -7.00. The first kappa shape index (κ1) is 22.0. The molecule has 1 amide bonds. The van der Waals surface area contributed by atoms with Crippen LogP contribution >= 0.6 is 22.9 Å². The zero-order valence-electron chi connectivity index (χ0n) is 15.5. The van der Waals surface area contributed by atoms with Gasteiger partial charge < -0.3 is 4.90 Å². The molecule has 29 heavy (non-hydrogen) atoms. The number of sulfonamides is 2. The third-order valence-electron chi connectivity index (χ3n) is 4.36. The lowest BCUT2D eigenvalue weighted by molar-refractivity contribution is 0.0711. The van der Waals surface area contributed by atoms with Crippen molar-refractivity contribution >= 4 is 54.6 Å². The number of amides is 1. The lowest BCUT2D eigenvalue weighted by Crippen LogP contribution is -2.46. The average molecular weight is 478 g/mol. The van der Waals surface area contributed by atoms with Crippen LogP contribution in [0.4, 0.5) is 5.69 Å². The fraction of sp³-hybridized carbons (Fsp3) is 0.353. The van der Waals surface area contributed by atoms with Crippen molar-refractivity contribution < 1.29 is 21.6 Å². The Kier molecular flexibility index (Phi) is 6.54. The maximum absolute atomic E-state index is 12.6. The first-order valence-corrected chi connectivity index (χ1v) is 13.3. The molecule has 2 aromatic rings. The molecule has 0 radical (unpaired) electrons. The quantitative estimate of drug-likeness (QED) is 0.663. The van der Waals surface area contributed by atoms with Crippen LogP contribution in [-0.2, 0) is 20.0 Å². The number of benzene rings is 1. The number of piperidine rings is 1. The standard InChI is InChI=1S/C17H20ClN3O5S3/c1-28(23,24)19-14-8-10-21(11-9-14)17(22)12-2-4-13(5-3-12)20-29(25,26)16-7-6-15(18)27-16/h2-7,14,19-20H,8-11H2,1H3. The molecule has 2 heterocycles. The normalized spacial score (nSPS) is 16.0. The van der Waals surface area contributed by atoms with Gasteiger partial charge in [-0.3, -0.25) is 9.52 Å². The van der Waals surface area contributed by atoms with Crippen molar-refractivity contribution in [1.29, 1.82) is 0 Å². The number of carbonyl (C=O) groups is 1. The summed E-state index contributed by atoms with van der Waals surface area (Å²) in [4.78, 5) is 14.3. The van der Waals surface area contributed by atoms with E-state index >= 15 is 0 Å². The molecule has 1 fully saturated rings. The van der Waals surface area contributed by atoms with Gasteiger partial charge in [0.25, 0.3) is 15.9 Å². The Balaban J connectivity index is 1.61. The molecule has 0 unspecified atom stereocenters. The summed E-state index contributed by atoms with van der Waals surface area (Å²) in [6.45, 7) is 0.888. The molecule has 0 bridgehead atoms. The van der Waals surface area contributed by atoms with Crippen LogP contribution in [0.25, 0.3) is 0 Å². The number of halogens is 1. The first-order valence-electron chi connectivity index (χ1n) is 8.68. The third kappa shape index (κ3) is 5.92. The fourth-order valence-corrected chi connectivity index (χ4v) is 6.40.